The maximum absolute atomic E-state index is 12.5. The van der Waals surface area contributed by atoms with Gasteiger partial charge in [0.05, 0.1) is 18.2 Å². The Morgan fingerprint density at radius 1 is 1.28 bits per heavy atom. The third-order valence-corrected chi connectivity index (χ3v) is 4.27. The van der Waals surface area contributed by atoms with Gasteiger partial charge >= 0.3 is 5.76 Å². The SMILES string of the molecule is CCCn1c(=O)oc2cc(NC(=O)c3cc(Br)ccc3OC)ccc21. The number of methoxy groups -OCH3 is 1. The Hall–Kier alpha value is -2.54. The molecule has 1 amide bonds. The molecule has 6 nitrogen and oxygen atoms in total. The largest absolute Gasteiger partial charge is 0.496 e. The molecule has 2 aromatic carbocycles. The minimum atomic E-state index is -0.394. The van der Waals surface area contributed by atoms with Crippen molar-refractivity contribution in [1.29, 1.82) is 0 Å². The highest BCUT2D eigenvalue weighted by Gasteiger charge is 2.15. The van der Waals surface area contributed by atoms with E-state index in [1.54, 1.807) is 41.0 Å². The number of amides is 1. The van der Waals surface area contributed by atoms with Crippen LogP contribution in [-0.4, -0.2) is 17.6 Å². The number of nitrogens with one attached hydrogen (secondary N) is 1. The van der Waals surface area contributed by atoms with E-state index in [0.29, 0.717) is 34.6 Å². The van der Waals surface area contributed by atoms with Gasteiger partial charge in [-0.1, -0.05) is 22.9 Å². The fraction of sp³-hybridized carbons (Fsp3) is 0.222. The van der Waals surface area contributed by atoms with Crippen LogP contribution < -0.4 is 15.8 Å². The maximum Gasteiger partial charge on any atom is 0.419 e. The summed E-state index contributed by atoms with van der Waals surface area (Å²) in [5.74, 6) is -0.232. The number of oxazole rings is 1. The van der Waals surface area contributed by atoms with E-state index < -0.39 is 5.76 Å². The minimum absolute atomic E-state index is 0.312. The van der Waals surface area contributed by atoms with Gasteiger partial charge < -0.3 is 14.5 Å². The zero-order valence-corrected chi connectivity index (χ0v) is 15.4. The van der Waals surface area contributed by atoms with Crippen molar-refractivity contribution in [3.8, 4) is 5.75 Å². The van der Waals surface area contributed by atoms with E-state index in [2.05, 4.69) is 21.2 Å². The van der Waals surface area contributed by atoms with Crippen molar-refractivity contribution < 1.29 is 13.9 Å². The highest BCUT2D eigenvalue weighted by Crippen LogP contribution is 2.25. The number of carbonyl (C=O) groups excluding carboxylic acids is 1. The Labute approximate surface area is 152 Å². The van der Waals surface area contributed by atoms with Crippen molar-refractivity contribution in [2.45, 2.75) is 19.9 Å². The lowest BCUT2D eigenvalue weighted by molar-refractivity contribution is 0.102. The molecule has 0 aliphatic rings. The number of benzene rings is 2. The summed E-state index contributed by atoms with van der Waals surface area (Å²) in [4.78, 5) is 24.4. The predicted molar refractivity (Wildman–Crippen MR) is 99.4 cm³/mol. The van der Waals surface area contributed by atoms with Crippen LogP contribution in [0.1, 0.15) is 23.7 Å². The Morgan fingerprint density at radius 2 is 2.08 bits per heavy atom. The zero-order chi connectivity index (χ0) is 18.0. The summed E-state index contributed by atoms with van der Waals surface area (Å²) >= 11 is 3.35. The predicted octanol–water partition coefficient (Wildman–Crippen LogP) is 4.03. The van der Waals surface area contributed by atoms with Gasteiger partial charge in [0.2, 0.25) is 0 Å². The standard InChI is InChI=1S/C18H17BrN2O4/c1-3-8-21-14-6-5-12(10-16(14)25-18(21)23)20-17(22)13-9-11(19)4-7-15(13)24-2/h4-7,9-10H,3,8H2,1-2H3,(H,20,22). The van der Waals surface area contributed by atoms with Crippen LogP contribution in [0.3, 0.4) is 0 Å². The van der Waals surface area contributed by atoms with Crippen LogP contribution in [0.4, 0.5) is 5.69 Å². The number of ether oxygens (including phenoxy) is 1. The van der Waals surface area contributed by atoms with E-state index in [0.717, 1.165) is 10.9 Å². The molecule has 130 valence electrons. The Morgan fingerprint density at radius 3 is 2.80 bits per heavy atom. The fourth-order valence-corrected chi connectivity index (χ4v) is 3.00. The van der Waals surface area contributed by atoms with E-state index >= 15 is 0 Å². The van der Waals surface area contributed by atoms with Crippen LogP contribution in [0.25, 0.3) is 11.1 Å². The number of aromatic nitrogens is 1. The second kappa shape index (κ2) is 7.14. The normalized spacial score (nSPS) is 10.8. The number of anilines is 1. The van der Waals surface area contributed by atoms with Crippen LogP contribution >= 0.6 is 15.9 Å². The van der Waals surface area contributed by atoms with E-state index in [-0.39, 0.29) is 5.91 Å². The number of hydrogen-bond acceptors (Lipinski definition) is 4. The average Bonchev–Trinajstić information content (AvgIpc) is 2.90. The topological polar surface area (TPSA) is 73.5 Å². The molecule has 1 heterocycles. The van der Waals surface area contributed by atoms with Crippen LogP contribution in [0, 0.1) is 0 Å². The van der Waals surface area contributed by atoms with Crippen LogP contribution in [-0.2, 0) is 6.54 Å². The van der Waals surface area contributed by atoms with Crippen LogP contribution in [0.2, 0.25) is 0 Å². The van der Waals surface area contributed by atoms with Crippen molar-refractivity contribution in [1.82, 2.24) is 4.57 Å². The van der Waals surface area contributed by atoms with Crippen molar-refractivity contribution in [2.75, 3.05) is 12.4 Å². The molecule has 0 unspecified atom stereocenters. The van der Waals surface area contributed by atoms with Gasteiger partial charge in [0.1, 0.15) is 5.75 Å². The molecule has 0 saturated heterocycles. The monoisotopic (exact) mass is 404 g/mol. The molecule has 3 rings (SSSR count). The minimum Gasteiger partial charge on any atom is -0.496 e. The van der Waals surface area contributed by atoms with E-state index in [4.69, 9.17) is 9.15 Å². The molecule has 0 atom stereocenters. The molecule has 0 saturated carbocycles. The third-order valence-electron chi connectivity index (χ3n) is 3.78. The highest BCUT2D eigenvalue weighted by atomic mass is 79.9. The smallest absolute Gasteiger partial charge is 0.419 e. The molecule has 0 fully saturated rings. The Balaban J connectivity index is 1.92. The number of rotatable bonds is 5. The van der Waals surface area contributed by atoms with Gasteiger partial charge in [-0.25, -0.2) is 4.79 Å². The summed E-state index contributed by atoms with van der Waals surface area (Å²) in [6.07, 6.45) is 0.829. The second-order valence-corrected chi connectivity index (χ2v) is 6.42. The molecule has 1 N–H and O–H groups in total. The summed E-state index contributed by atoms with van der Waals surface area (Å²) in [5, 5.41) is 2.80. The number of carbonyl (C=O) groups is 1. The summed E-state index contributed by atoms with van der Waals surface area (Å²) in [6, 6.07) is 10.4. The summed E-state index contributed by atoms with van der Waals surface area (Å²) < 4.78 is 12.9. The number of aryl methyl sites for hydroxylation is 1. The van der Waals surface area contributed by atoms with Gasteiger partial charge in [-0.3, -0.25) is 9.36 Å². The first-order valence-electron chi connectivity index (χ1n) is 7.81. The summed E-state index contributed by atoms with van der Waals surface area (Å²) in [5.41, 5.74) is 2.10. The Kier molecular flexibility index (Phi) is 4.94. The molecule has 0 radical (unpaired) electrons. The molecule has 0 aliphatic heterocycles. The molecular formula is C18H17BrN2O4. The zero-order valence-electron chi connectivity index (χ0n) is 13.8. The number of halogens is 1. The van der Waals surface area contributed by atoms with Crippen molar-refractivity contribution >= 4 is 38.6 Å². The van der Waals surface area contributed by atoms with Crippen LogP contribution in [0.15, 0.2) is 50.1 Å². The molecule has 3 aromatic rings. The molecule has 1 aromatic heterocycles. The first-order valence-corrected chi connectivity index (χ1v) is 8.61. The first kappa shape index (κ1) is 17.3. The number of nitrogens with zero attached hydrogens (tertiary/aromatic N) is 1. The number of hydrogen-bond donors (Lipinski definition) is 1. The lowest BCUT2D eigenvalue weighted by Gasteiger charge is -2.10. The molecule has 25 heavy (non-hydrogen) atoms. The summed E-state index contributed by atoms with van der Waals surface area (Å²) in [6.45, 7) is 2.58. The Bertz CT molecular complexity index is 990. The molecular weight excluding hydrogens is 388 g/mol. The van der Waals surface area contributed by atoms with E-state index in [1.165, 1.54) is 7.11 Å². The lowest BCUT2D eigenvalue weighted by atomic mass is 10.2. The fourth-order valence-electron chi connectivity index (χ4n) is 2.64. The molecule has 0 aliphatic carbocycles. The van der Waals surface area contributed by atoms with E-state index in [9.17, 15) is 9.59 Å². The molecule has 0 spiro atoms. The number of fused-ring (bicyclic) bond motifs is 1. The third kappa shape index (κ3) is 3.46. The van der Waals surface area contributed by atoms with Gasteiger partial charge in [-0.2, -0.15) is 0 Å². The maximum atomic E-state index is 12.5. The van der Waals surface area contributed by atoms with Gasteiger partial charge in [-0.05, 0) is 36.8 Å². The lowest BCUT2D eigenvalue weighted by Crippen LogP contribution is -2.14. The first-order chi connectivity index (χ1) is 12.0. The van der Waals surface area contributed by atoms with Gasteiger partial charge in [0.25, 0.3) is 5.91 Å². The molecule has 7 heteroatoms. The second-order valence-electron chi connectivity index (χ2n) is 5.50. The van der Waals surface area contributed by atoms with Crippen LogP contribution in [0.5, 0.6) is 5.75 Å². The van der Waals surface area contributed by atoms with Gasteiger partial charge in [0.15, 0.2) is 5.58 Å². The quantitative estimate of drug-likeness (QED) is 0.696. The van der Waals surface area contributed by atoms with Crippen molar-refractivity contribution in [3.63, 3.8) is 0 Å². The average molecular weight is 405 g/mol. The van der Waals surface area contributed by atoms with Crippen molar-refractivity contribution in [3.05, 3.63) is 57.0 Å². The highest BCUT2D eigenvalue weighted by molar-refractivity contribution is 9.10. The molecule has 0 bridgehead atoms. The van der Waals surface area contributed by atoms with Gasteiger partial charge in [-0.15, -0.1) is 0 Å². The van der Waals surface area contributed by atoms with Gasteiger partial charge in [0, 0.05) is 22.8 Å². The summed E-state index contributed by atoms with van der Waals surface area (Å²) in [7, 11) is 1.51. The van der Waals surface area contributed by atoms with Crippen molar-refractivity contribution in [2.24, 2.45) is 0 Å². The van der Waals surface area contributed by atoms with E-state index in [1.807, 2.05) is 6.92 Å².